The molecule has 1 aromatic heterocycles. The molecule has 3 nitrogen and oxygen atoms in total. The quantitative estimate of drug-likeness (QED) is 0.830. The van der Waals surface area contributed by atoms with Crippen LogP contribution >= 0.6 is 23.4 Å². The van der Waals surface area contributed by atoms with Crippen molar-refractivity contribution in [3.05, 3.63) is 11.3 Å². The first-order valence-corrected chi connectivity index (χ1v) is 8.28. The molecule has 0 radical (unpaired) electrons. The summed E-state index contributed by atoms with van der Waals surface area (Å²) in [6.07, 6.45) is 10.7. The summed E-state index contributed by atoms with van der Waals surface area (Å²) in [4.78, 5) is 0. The van der Waals surface area contributed by atoms with Crippen molar-refractivity contribution in [3.63, 3.8) is 0 Å². The van der Waals surface area contributed by atoms with Gasteiger partial charge in [0.1, 0.15) is 0 Å². The third kappa shape index (κ3) is 2.64. The van der Waals surface area contributed by atoms with Crippen LogP contribution in [0, 0.1) is 0 Å². The molecule has 1 unspecified atom stereocenters. The molecule has 2 fully saturated rings. The molecular formula is C13H19ClN2OS. The fourth-order valence-electron chi connectivity index (χ4n) is 2.71. The molecule has 0 aromatic carbocycles. The Bertz CT molecular complexity index is 398. The van der Waals surface area contributed by atoms with Crippen LogP contribution in [0.2, 0.25) is 5.15 Å². The number of hydrogen-bond acceptors (Lipinski definition) is 3. The third-order valence-electron chi connectivity index (χ3n) is 3.73. The fraction of sp³-hybridized carbons (Fsp3) is 0.769. The van der Waals surface area contributed by atoms with Crippen LogP contribution in [0.4, 0.5) is 0 Å². The predicted molar refractivity (Wildman–Crippen MR) is 75.5 cm³/mol. The molecular weight excluding hydrogens is 268 g/mol. The van der Waals surface area contributed by atoms with Crippen LogP contribution in [0.15, 0.2) is 6.20 Å². The van der Waals surface area contributed by atoms with Crippen LogP contribution in [-0.4, -0.2) is 21.6 Å². The lowest BCUT2D eigenvalue weighted by molar-refractivity contribution is 0.210. The van der Waals surface area contributed by atoms with Crippen molar-refractivity contribution in [2.24, 2.45) is 0 Å². The van der Waals surface area contributed by atoms with E-state index in [1.807, 2.05) is 16.4 Å². The van der Waals surface area contributed by atoms with Crippen molar-refractivity contribution in [2.75, 3.05) is 5.75 Å². The number of hydrogen-bond donors (Lipinski definition) is 0. The van der Waals surface area contributed by atoms with E-state index in [1.165, 1.54) is 31.4 Å². The highest BCUT2D eigenvalue weighted by molar-refractivity contribution is 7.99. The molecule has 100 valence electrons. The van der Waals surface area contributed by atoms with Crippen LogP contribution in [0.25, 0.3) is 0 Å². The maximum absolute atomic E-state index is 6.40. The Morgan fingerprint density at radius 2 is 2.00 bits per heavy atom. The van der Waals surface area contributed by atoms with Gasteiger partial charge in [0.25, 0.3) is 0 Å². The first kappa shape index (κ1) is 12.7. The van der Waals surface area contributed by atoms with Gasteiger partial charge in [0.2, 0.25) is 0 Å². The van der Waals surface area contributed by atoms with Gasteiger partial charge in [-0.3, -0.25) is 0 Å². The Labute approximate surface area is 117 Å². The zero-order valence-electron chi connectivity index (χ0n) is 10.5. The van der Waals surface area contributed by atoms with Gasteiger partial charge in [-0.25, -0.2) is 4.68 Å². The average Bonchev–Trinajstić information content (AvgIpc) is 3.03. The van der Waals surface area contributed by atoms with Crippen LogP contribution < -0.4 is 4.74 Å². The summed E-state index contributed by atoms with van der Waals surface area (Å²) in [5, 5.41) is 5.50. The molecule has 5 heteroatoms. The van der Waals surface area contributed by atoms with Crippen LogP contribution in [-0.2, 0) is 0 Å². The second kappa shape index (κ2) is 5.74. The first-order chi connectivity index (χ1) is 8.84. The highest BCUT2D eigenvalue weighted by Gasteiger charge is 2.23. The highest BCUT2D eigenvalue weighted by atomic mass is 35.5. The van der Waals surface area contributed by atoms with E-state index in [4.69, 9.17) is 16.3 Å². The van der Waals surface area contributed by atoms with Gasteiger partial charge in [0, 0.05) is 0 Å². The average molecular weight is 287 g/mol. The second-order valence-electron chi connectivity index (χ2n) is 5.09. The zero-order valence-corrected chi connectivity index (χ0v) is 12.1. The maximum atomic E-state index is 6.40. The fourth-order valence-corrected chi connectivity index (χ4v) is 4.30. The summed E-state index contributed by atoms with van der Waals surface area (Å²) in [6, 6.07) is 0. The number of ether oxygens (including phenoxy) is 1. The highest BCUT2D eigenvalue weighted by Crippen LogP contribution is 2.38. The molecule has 1 aliphatic heterocycles. The lowest BCUT2D eigenvalue weighted by Gasteiger charge is -2.22. The number of rotatable bonds is 3. The van der Waals surface area contributed by atoms with Gasteiger partial charge >= 0.3 is 0 Å². The van der Waals surface area contributed by atoms with Crippen molar-refractivity contribution in [2.45, 2.75) is 56.4 Å². The molecule has 1 atom stereocenters. The molecule has 1 aromatic rings. The van der Waals surface area contributed by atoms with Crippen molar-refractivity contribution in [3.8, 4) is 5.75 Å². The van der Waals surface area contributed by atoms with E-state index < -0.39 is 0 Å². The molecule has 18 heavy (non-hydrogen) atoms. The Balaban J connectivity index is 1.70. The van der Waals surface area contributed by atoms with Crippen LogP contribution in [0.3, 0.4) is 0 Å². The van der Waals surface area contributed by atoms with Gasteiger partial charge < -0.3 is 4.74 Å². The van der Waals surface area contributed by atoms with E-state index in [0.717, 1.165) is 25.0 Å². The van der Waals surface area contributed by atoms with Crippen molar-refractivity contribution in [1.82, 2.24) is 9.78 Å². The maximum Gasteiger partial charge on any atom is 0.176 e. The van der Waals surface area contributed by atoms with Crippen molar-refractivity contribution in [1.29, 1.82) is 0 Å². The van der Waals surface area contributed by atoms with E-state index in [1.54, 1.807) is 6.20 Å². The zero-order chi connectivity index (χ0) is 12.4. The van der Waals surface area contributed by atoms with Gasteiger partial charge in [-0.2, -0.15) is 5.10 Å². The minimum atomic E-state index is 0.346. The number of thioether (sulfide) groups is 1. The van der Waals surface area contributed by atoms with Crippen molar-refractivity contribution >= 4 is 23.4 Å². The molecule has 0 amide bonds. The summed E-state index contributed by atoms with van der Waals surface area (Å²) in [5.41, 5.74) is 0. The Kier molecular flexibility index (Phi) is 4.04. The SMILES string of the molecule is Clc1c(OC2CCCC2)cnn1C1CCCCS1. The number of nitrogens with zero attached hydrogens (tertiary/aromatic N) is 2. The van der Waals surface area contributed by atoms with Gasteiger partial charge in [-0.15, -0.1) is 11.8 Å². The Morgan fingerprint density at radius 3 is 2.72 bits per heavy atom. The normalized spacial score (nSPS) is 25.5. The smallest absolute Gasteiger partial charge is 0.176 e. The monoisotopic (exact) mass is 286 g/mol. The molecule has 0 N–H and O–H groups in total. The molecule has 3 rings (SSSR count). The summed E-state index contributed by atoms with van der Waals surface area (Å²) < 4.78 is 7.89. The predicted octanol–water partition coefficient (Wildman–Crippen LogP) is 4.27. The molecule has 1 aliphatic carbocycles. The molecule has 0 bridgehead atoms. The van der Waals surface area contributed by atoms with Crippen LogP contribution in [0.5, 0.6) is 5.75 Å². The minimum Gasteiger partial charge on any atom is -0.486 e. The van der Waals surface area contributed by atoms with E-state index in [9.17, 15) is 0 Å². The molecule has 0 spiro atoms. The number of aromatic nitrogens is 2. The number of halogens is 1. The van der Waals surface area contributed by atoms with Crippen LogP contribution in [0.1, 0.15) is 50.3 Å². The Morgan fingerprint density at radius 1 is 1.22 bits per heavy atom. The summed E-state index contributed by atoms with van der Waals surface area (Å²) in [5.74, 6) is 1.98. The lowest BCUT2D eigenvalue weighted by Crippen LogP contribution is -2.13. The molecule has 2 heterocycles. The van der Waals surface area contributed by atoms with Gasteiger partial charge in [0.05, 0.1) is 17.7 Å². The summed E-state index contributed by atoms with van der Waals surface area (Å²) >= 11 is 8.35. The lowest BCUT2D eigenvalue weighted by atomic mass is 10.2. The van der Waals surface area contributed by atoms with E-state index in [2.05, 4.69) is 5.10 Å². The standard InChI is InChI=1S/C13H19ClN2OS/c14-13-11(17-10-5-1-2-6-10)9-15-16(13)12-7-3-4-8-18-12/h9-10,12H,1-8H2. The van der Waals surface area contributed by atoms with Gasteiger partial charge in [-0.1, -0.05) is 11.6 Å². The minimum absolute atomic E-state index is 0.346. The van der Waals surface area contributed by atoms with Gasteiger partial charge in [-0.05, 0) is 50.7 Å². The third-order valence-corrected chi connectivity index (χ3v) is 5.43. The van der Waals surface area contributed by atoms with E-state index in [-0.39, 0.29) is 0 Å². The van der Waals surface area contributed by atoms with E-state index >= 15 is 0 Å². The topological polar surface area (TPSA) is 27.1 Å². The molecule has 1 saturated carbocycles. The molecule has 2 aliphatic rings. The first-order valence-electron chi connectivity index (χ1n) is 6.86. The Hall–Kier alpha value is -0.350. The second-order valence-corrected chi connectivity index (χ2v) is 6.73. The van der Waals surface area contributed by atoms with Crippen molar-refractivity contribution < 1.29 is 4.74 Å². The van der Waals surface area contributed by atoms with Gasteiger partial charge in [0.15, 0.2) is 10.9 Å². The summed E-state index contributed by atoms with van der Waals surface area (Å²) in [7, 11) is 0. The van der Waals surface area contributed by atoms with E-state index in [0.29, 0.717) is 16.6 Å². The molecule has 1 saturated heterocycles. The largest absolute Gasteiger partial charge is 0.486 e. The summed E-state index contributed by atoms with van der Waals surface area (Å²) in [6.45, 7) is 0.